The molecular weight excluding hydrogens is 304 g/mol. The number of carbonyl (C=O) groups is 2. The molecule has 24 heavy (non-hydrogen) atoms. The van der Waals surface area contributed by atoms with Gasteiger partial charge in [-0.2, -0.15) is 0 Å². The van der Waals surface area contributed by atoms with E-state index in [9.17, 15) is 14.7 Å². The lowest BCUT2D eigenvalue weighted by molar-refractivity contribution is -0.112. The highest BCUT2D eigenvalue weighted by atomic mass is 16.5. The van der Waals surface area contributed by atoms with Gasteiger partial charge >= 0.3 is 5.97 Å². The van der Waals surface area contributed by atoms with E-state index >= 15 is 0 Å². The number of aldehydes is 1. The number of aliphatic hydroxyl groups is 1. The van der Waals surface area contributed by atoms with Crippen LogP contribution in [0.5, 0.6) is 0 Å². The fourth-order valence-electron chi connectivity index (χ4n) is 4.98. The normalized spacial score (nSPS) is 31.7. The van der Waals surface area contributed by atoms with Crippen molar-refractivity contribution in [1.29, 1.82) is 0 Å². The molecule has 3 rings (SSSR count). The van der Waals surface area contributed by atoms with Gasteiger partial charge in [-0.15, -0.1) is 0 Å². The van der Waals surface area contributed by atoms with Gasteiger partial charge in [0.25, 0.3) is 0 Å². The van der Waals surface area contributed by atoms with Crippen molar-refractivity contribution < 1.29 is 19.4 Å². The molecule has 0 radical (unpaired) electrons. The first kappa shape index (κ1) is 17.2. The number of rotatable bonds is 4. The number of esters is 1. The Bertz CT molecular complexity index is 639. The van der Waals surface area contributed by atoms with Crippen LogP contribution in [-0.4, -0.2) is 31.1 Å². The van der Waals surface area contributed by atoms with Crippen LogP contribution in [0.3, 0.4) is 0 Å². The second kappa shape index (κ2) is 6.67. The first-order valence-corrected chi connectivity index (χ1v) is 8.79. The van der Waals surface area contributed by atoms with Crippen molar-refractivity contribution in [2.75, 3.05) is 13.7 Å². The molecule has 1 aromatic rings. The fourth-order valence-corrected chi connectivity index (χ4v) is 4.98. The molecule has 3 unspecified atom stereocenters. The second-order valence-electron chi connectivity index (χ2n) is 7.57. The van der Waals surface area contributed by atoms with E-state index < -0.39 is 0 Å². The predicted octanol–water partition coefficient (Wildman–Crippen LogP) is 3.12. The molecule has 0 aromatic heterocycles. The summed E-state index contributed by atoms with van der Waals surface area (Å²) in [6, 6.07) is 5.88. The molecule has 0 spiro atoms. The molecule has 4 atom stereocenters. The number of carbonyl (C=O) groups excluding carboxylic acids is 2. The number of hydrogen-bond acceptors (Lipinski definition) is 4. The quantitative estimate of drug-likeness (QED) is 0.680. The number of aliphatic hydroxyl groups excluding tert-OH is 1. The maximum Gasteiger partial charge on any atom is 0.337 e. The van der Waals surface area contributed by atoms with Crippen LogP contribution in [-0.2, 0) is 16.0 Å². The third-order valence-corrected chi connectivity index (χ3v) is 6.38. The zero-order valence-electron chi connectivity index (χ0n) is 14.5. The molecule has 2 aliphatic rings. The summed E-state index contributed by atoms with van der Waals surface area (Å²) in [5.41, 5.74) is 2.99. The van der Waals surface area contributed by atoms with Gasteiger partial charge in [0.15, 0.2) is 0 Å². The monoisotopic (exact) mass is 330 g/mol. The summed E-state index contributed by atoms with van der Waals surface area (Å²) in [5, 5.41) is 9.89. The van der Waals surface area contributed by atoms with Crippen molar-refractivity contribution in [3.05, 3.63) is 34.9 Å². The van der Waals surface area contributed by atoms with Crippen LogP contribution >= 0.6 is 0 Å². The minimum absolute atomic E-state index is 0.142. The summed E-state index contributed by atoms with van der Waals surface area (Å²) in [7, 11) is 1.40. The van der Waals surface area contributed by atoms with E-state index in [4.69, 9.17) is 4.74 Å². The van der Waals surface area contributed by atoms with Crippen LogP contribution in [0.15, 0.2) is 18.2 Å². The van der Waals surface area contributed by atoms with Gasteiger partial charge < -0.3 is 14.6 Å². The summed E-state index contributed by atoms with van der Waals surface area (Å²) in [5.74, 6) is 0.782. The third-order valence-electron chi connectivity index (χ3n) is 6.38. The van der Waals surface area contributed by atoms with Crippen LogP contribution in [0.2, 0.25) is 0 Å². The maximum absolute atomic E-state index is 11.8. The molecular formula is C20H26O4. The van der Waals surface area contributed by atoms with Crippen molar-refractivity contribution in [2.45, 2.75) is 44.9 Å². The number of hydrogen-bond donors (Lipinski definition) is 1. The van der Waals surface area contributed by atoms with Crippen LogP contribution in [0.4, 0.5) is 0 Å². The van der Waals surface area contributed by atoms with Crippen LogP contribution < -0.4 is 0 Å². The molecule has 1 aromatic carbocycles. The zero-order valence-corrected chi connectivity index (χ0v) is 14.5. The topological polar surface area (TPSA) is 63.6 Å². The van der Waals surface area contributed by atoms with E-state index in [1.807, 2.05) is 12.1 Å². The molecule has 0 amide bonds. The lowest BCUT2D eigenvalue weighted by Crippen LogP contribution is -2.44. The van der Waals surface area contributed by atoms with Gasteiger partial charge in [-0.25, -0.2) is 4.79 Å². The molecule has 130 valence electrons. The number of methoxy groups -OCH3 is 1. The second-order valence-corrected chi connectivity index (χ2v) is 7.57. The van der Waals surface area contributed by atoms with Crippen molar-refractivity contribution in [3.63, 3.8) is 0 Å². The van der Waals surface area contributed by atoms with Crippen LogP contribution in [0.1, 0.15) is 60.0 Å². The Balaban J connectivity index is 1.93. The highest BCUT2D eigenvalue weighted by Crippen LogP contribution is 2.55. The van der Waals surface area contributed by atoms with Crippen molar-refractivity contribution in [1.82, 2.24) is 0 Å². The van der Waals surface area contributed by atoms with Gasteiger partial charge in [-0.1, -0.05) is 13.0 Å². The van der Waals surface area contributed by atoms with E-state index in [-0.39, 0.29) is 23.9 Å². The summed E-state index contributed by atoms with van der Waals surface area (Å²) in [4.78, 5) is 23.0. The Morgan fingerprint density at radius 1 is 1.42 bits per heavy atom. The van der Waals surface area contributed by atoms with Crippen LogP contribution in [0, 0.1) is 17.3 Å². The maximum atomic E-state index is 11.8. The molecule has 2 aliphatic carbocycles. The Morgan fingerprint density at radius 3 is 2.88 bits per heavy atom. The molecule has 4 nitrogen and oxygen atoms in total. The largest absolute Gasteiger partial charge is 0.465 e. The van der Waals surface area contributed by atoms with E-state index in [0.717, 1.165) is 32.0 Å². The highest BCUT2D eigenvalue weighted by Gasteiger charge is 2.47. The smallest absolute Gasteiger partial charge is 0.337 e. The molecule has 4 heteroatoms. The van der Waals surface area contributed by atoms with E-state index in [0.29, 0.717) is 23.8 Å². The Kier molecular flexibility index (Phi) is 4.77. The van der Waals surface area contributed by atoms with Gasteiger partial charge in [-0.05, 0) is 72.1 Å². The lowest BCUT2D eigenvalue weighted by atomic mass is 9.54. The number of aryl methyl sites for hydroxylation is 1. The SMILES string of the molecule is COC(=O)c1ccc2c(c1)CCC1C2CC[C@](C)(CO)C1CC=O. The minimum Gasteiger partial charge on any atom is -0.465 e. The fraction of sp³-hybridized carbons (Fsp3) is 0.600. The Labute approximate surface area is 143 Å². The Morgan fingerprint density at radius 2 is 2.21 bits per heavy atom. The zero-order chi connectivity index (χ0) is 17.3. The molecule has 0 heterocycles. The highest BCUT2D eigenvalue weighted by molar-refractivity contribution is 5.89. The number of fused-ring (bicyclic) bond motifs is 3. The Hall–Kier alpha value is -1.68. The van der Waals surface area contributed by atoms with Crippen molar-refractivity contribution >= 4 is 12.3 Å². The lowest BCUT2D eigenvalue weighted by Gasteiger charge is -2.51. The van der Waals surface area contributed by atoms with Gasteiger partial charge in [0, 0.05) is 13.0 Å². The first-order valence-electron chi connectivity index (χ1n) is 8.79. The van der Waals surface area contributed by atoms with Crippen molar-refractivity contribution in [3.8, 4) is 0 Å². The molecule has 0 aliphatic heterocycles. The number of ether oxygens (including phenoxy) is 1. The van der Waals surface area contributed by atoms with Gasteiger partial charge in [0.1, 0.15) is 6.29 Å². The summed E-state index contributed by atoms with van der Waals surface area (Å²) in [6.45, 7) is 2.26. The average molecular weight is 330 g/mol. The summed E-state index contributed by atoms with van der Waals surface area (Å²) in [6.07, 6.45) is 5.42. The van der Waals surface area contributed by atoms with Crippen LogP contribution in [0.25, 0.3) is 0 Å². The molecule has 1 saturated carbocycles. The molecule has 0 saturated heterocycles. The standard InChI is InChI=1S/C20H26O4/c1-20(12-22)9-7-16-15-5-4-14(19(23)24-2)11-13(15)3-6-17(16)18(20)8-10-21/h4-5,10-11,16-18,22H,3,6-9,12H2,1-2H3/t16?,17?,18?,20-/m1/s1. The van der Waals surface area contributed by atoms with Gasteiger partial charge in [-0.3, -0.25) is 0 Å². The molecule has 0 bridgehead atoms. The van der Waals surface area contributed by atoms with E-state index in [1.165, 1.54) is 18.2 Å². The minimum atomic E-state index is -0.296. The van der Waals surface area contributed by atoms with E-state index in [2.05, 4.69) is 13.0 Å². The molecule has 1 N–H and O–H groups in total. The number of benzene rings is 1. The van der Waals surface area contributed by atoms with Crippen molar-refractivity contribution in [2.24, 2.45) is 17.3 Å². The van der Waals surface area contributed by atoms with Gasteiger partial charge in [0.2, 0.25) is 0 Å². The molecule has 1 fully saturated rings. The third kappa shape index (κ3) is 2.77. The average Bonchev–Trinajstić information content (AvgIpc) is 2.62. The van der Waals surface area contributed by atoms with Gasteiger partial charge in [0.05, 0.1) is 12.7 Å². The van der Waals surface area contributed by atoms with E-state index in [1.54, 1.807) is 0 Å². The first-order chi connectivity index (χ1) is 11.5. The predicted molar refractivity (Wildman–Crippen MR) is 90.9 cm³/mol. The summed E-state index contributed by atoms with van der Waals surface area (Å²) < 4.78 is 4.82. The summed E-state index contributed by atoms with van der Waals surface area (Å²) >= 11 is 0.